The number of pyridine rings is 1. The van der Waals surface area contributed by atoms with Crippen molar-refractivity contribution in [2.45, 2.75) is 39.0 Å². The van der Waals surface area contributed by atoms with E-state index in [4.69, 9.17) is 5.10 Å². The highest BCUT2D eigenvalue weighted by atomic mass is 16.4. The highest BCUT2D eigenvalue weighted by Crippen LogP contribution is 2.47. The number of aromatic carboxylic acids is 1. The van der Waals surface area contributed by atoms with E-state index in [1.807, 2.05) is 37.3 Å². The first-order valence-electron chi connectivity index (χ1n) is 10.0. The number of carbonyl (C=O) groups is 1. The van der Waals surface area contributed by atoms with Crippen LogP contribution in [-0.4, -0.2) is 38.9 Å². The first-order chi connectivity index (χ1) is 13.6. The molecule has 0 radical (unpaired) electrons. The van der Waals surface area contributed by atoms with Crippen molar-refractivity contribution in [1.82, 2.24) is 14.8 Å². The van der Waals surface area contributed by atoms with Crippen LogP contribution in [0.2, 0.25) is 0 Å². The molecule has 2 aliphatic rings. The molecule has 1 N–H and O–H groups in total. The van der Waals surface area contributed by atoms with E-state index in [1.54, 1.807) is 10.7 Å². The number of hydrogen-bond donors (Lipinski definition) is 1. The molecule has 1 spiro atoms. The highest BCUT2D eigenvalue weighted by Gasteiger charge is 2.44. The van der Waals surface area contributed by atoms with Crippen molar-refractivity contribution in [3.05, 3.63) is 47.8 Å². The molecule has 6 nitrogen and oxygen atoms in total. The lowest BCUT2D eigenvalue weighted by molar-refractivity contribution is 0.0691. The second-order valence-electron chi connectivity index (χ2n) is 8.28. The van der Waals surface area contributed by atoms with Gasteiger partial charge in [-0.05, 0) is 38.0 Å². The van der Waals surface area contributed by atoms with Gasteiger partial charge in [0.1, 0.15) is 0 Å². The normalized spacial score (nSPS) is 18.4. The fourth-order valence-electron chi connectivity index (χ4n) is 4.93. The molecule has 5 rings (SSSR count). The van der Waals surface area contributed by atoms with Crippen LogP contribution < -0.4 is 4.90 Å². The largest absolute Gasteiger partial charge is 0.477 e. The third-order valence-electron chi connectivity index (χ3n) is 6.32. The Labute approximate surface area is 163 Å². The Morgan fingerprint density at radius 1 is 1.11 bits per heavy atom. The summed E-state index contributed by atoms with van der Waals surface area (Å²) in [4.78, 5) is 18.5. The van der Waals surface area contributed by atoms with Gasteiger partial charge in [0.25, 0.3) is 0 Å². The lowest BCUT2D eigenvalue weighted by Crippen LogP contribution is -2.57. The number of aryl methyl sites for hydroxylation is 1. The minimum atomic E-state index is -1.01. The molecule has 1 aliphatic heterocycles. The quantitative estimate of drug-likeness (QED) is 0.742. The molecular formula is C22H24N4O2. The van der Waals surface area contributed by atoms with Crippen LogP contribution in [0.4, 0.5) is 5.69 Å². The highest BCUT2D eigenvalue weighted by molar-refractivity contribution is 5.98. The fraction of sp³-hybridized carbons (Fsp3) is 0.409. The Morgan fingerprint density at radius 2 is 1.82 bits per heavy atom. The molecule has 6 heteroatoms. The van der Waals surface area contributed by atoms with Crippen molar-refractivity contribution in [3.8, 4) is 5.69 Å². The van der Waals surface area contributed by atoms with Gasteiger partial charge in [-0.15, -0.1) is 0 Å². The Bertz CT molecular complexity index is 1040. The van der Waals surface area contributed by atoms with Gasteiger partial charge in [0, 0.05) is 18.5 Å². The summed E-state index contributed by atoms with van der Waals surface area (Å²) in [5, 5.41) is 15.3. The average Bonchev–Trinajstić information content (AvgIpc) is 3.03. The van der Waals surface area contributed by atoms with Crippen molar-refractivity contribution in [2.24, 2.45) is 5.41 Å². The molecule has 1 saturated carbocycles. The summed E-state index contributed by atoms with van der Waals surface area (Å²) in [6, 6.07) is 11.5. The number of aromatic nitrogens is 3. The zero-order valence-corrected chi connectivity index (χ0v) is 16.1. The third kappa shape index (κ3) is 2.66. The van der Waals surface area contributed by atoms with E-state index in [0.717, 1.165) is 35.5 Å². The van der Waals surface area contributed by atoms with Gasteiger partial charge in [0.05, 0.1) is 22.5 Å². The first kappa shape index (κ1) is 17.2. The molecule has 2 fully saturated rings. The van der Waals surface area contributed by atoms with Crippen molar-refractivity contribution >= 4 is 22.7 Å². The summed E-state index contributed by atoms with van der Waals surface area (Å²) in [5.41, 5.74) is 3.82. The topological polar surface area (TPSA) is 71.2 Å². The Morgan fingerprint density at radius 3 is 2.50 bits per heavy atom. The second kappa shape index (κ2) is 6.33. The van der Waals surface area contributed by atoms with Crippen LogP contribution in [0.15, 0.2) is 36.4 Å². The smallest absolute Gasteiger partial charge is 0.354 e. The molecule has 3 aromatic rings. The van der Waals surface area contributed by atoms with E-state index in [-0.39, 0.29) is 5.69 Å². The summed E-state index contributed by atoms with van der Waals surface area (Å²) >= 11 is 0. The van der Waals surface area contributed by atoms with Gasteiger partial charge in [-0.1, -0.05) is 37.5 Å². The maximum atomic E-state index is 11.8. The molecule has 0 bridgehead atoms. The molecule has 3 heterocycles. The second-order valence-corrected chi connectivity index (χ2v) is 8.28. The number of nitrogens with zero attached hydrogens (tertiary/aromatic N) is 4. The molecule has 0 amide bonds. The number of benzene rings is 1. The van der Waals surface area contributed by atoms with Crippen LogP contribution in [0.5, 0.6) is 0 Å². The van der Waals surface area contributed by atoms with Crippen molar-refractivity contribution in [3.63, 3.8) is 0 Å². The number of anilines is 1. The van der Waals surface area contributed by atoms with Gasteiger partial charge < -0.3 is 10.0 Å². The fourth-order valence-corrected chi connectivity index (χ4v) is 4.93. The van der Waals surface area contributed by atoms with Gasteiger partial charge in [0.2, 0.25) is 0 Å². The van der Waals surface area contributed by atoms with E-state index in [2.05, 4.69) is 9.88 Å². The van der Waals surface area contributed by atoms with Crippen LogP contribution >= 0.6 is 0 Å². The standard InChI is InChI=1S/C22H24N4O2/c1-15-19-18(25-13-22(14-25)10-6-3-7-11-22)12-17(21(27)28)23-20(19)26(24-15)16-8-4-2-5-9-16/h2,4-5,8-9,12H,3,6-7,10-11,13-14H2,1H3,(H,27,28). The van der Waals surface area contributed by atoms with Crippen molar-refractivity contribution in [1.29, 1.82) is 0 Å². The zero-order chi connectivity index (χ0) is 19.3. The Kier molecular flexibility index (Phi) is 3.89. The van der Waals surface area contributed by atoms with Gasteiger partial charge in [-0.2, -0.15) is 5.10 Å². The number of rotatable bonds is 3. The van der Waals surface area contributed by atoms with Crippen LogP contribution in [0.25, 0.3) is 16.7 Å². The van der Waals surface area contributed by atoms with Gasteiger partial charge in [0.15, 0.2) is 11.3 Å². The van der Waals surface area contributed by atoms with Crippen molar-refractivity contribution in [2.75, 3.05) is 18.0 Å². The van der Waals surface area contributed by atoms with Crippen LogP contribution in [0.3, 0.4) is 0 Å². The number of fused-ring (bicyclic) bond motifs is 1. The molecule has 1 saturated heterocycles. The minimum Gasteiger partial charge on any atom is -0.477 e. The predicted octanol–water partition coefficient (Wildman–Crippen LogP) is 4.20. The summed E-state index contributed by atoms with van der Waals surface area (Å²) in [6.45, 7) is 3.98. The molecule has 144 valence electrons. The maximum Gasteiger partial charge on any atom is 0.354 e. The van der Waals surface area contributed by atoms with E-state index in [9.17, 15) is 9.90 Å². The van der Waals surface area contributed by atoms with E-state index < -0.39 is 5.97 Å². The number of hydrogen-bond acceptors (Lipinski definition) is 4. The third-order valence-corrected chi connectivity index (χ3v) is 6.32. The number of para-hydroxylation sites is 1. The van der Waals surface area contributed by atoms with Crippen LogP contribution in [0.1, 0.15) is 48.3 Å². The van der Waals surface area contributed by atoms with E-state index in [1.165, 1.54) is 32.1 Å². The first-order valence-corrected chi connectivity index (χ1v) is 10.0. The van der Waals surface area contributed by atoms with E-state index >= 15 is 0 Å². The molecule has 1 aromatic carbocycles. The average molecular weight is 376 g/mol. The summed E-state index contributed by atoms with van der Waals surface area (Å²) in [6.07, 6.45) is 6.53. The monoisotopic (exact) mass is 376 g/mol. The maximum absolute atomic E-state index is 11.8. The minimum absolute atomic E-state index is 0.0733. The SMILES string of the molecule is Cc1nn(-c2ccccc2)c2nc(C(=O)O)cc(N3CC4(CCCCC4)C3)c12. The molecular weight excluding hydrogens is 352 g/mol. The van der Waals surface area contributed by atoms with Gasteiger partial charge in [-0.25, -0.2) is 14.5 Å². The number of carboxylic acids is 1. The molecule has 1 aliphatic carbocycles. The van der Waals surface area contributed by atoms with Crippen LogP contribution in [-0.2, 0) is 0 Å². The Balaban J connectivity index is 1.63. The van der Waals surface area contributed by atoms with Crippen LogP contribution in [0, 0.1) is 12.3 Å². The molecule has 2 aromatic heterocycles. The number of carboxylic acid groups (broad SMARTS) is 1. The lowest BCUT2D eigenvalue weighted by Gasteiger charge is -2.53. The molecule has 28 heavy (non-hydrogen) atoms. The van der Waals surface area contributed by atoms with Gasteiger partial charge >= 0.3 is 5.97 Å². The summed E-state index contributed by atoms with van der Waals surface area (Å²) in [7, 11) is 0. The summed E-state index contributed by atoms with van der Waals surface area (Å²) < 4.78 is 1.76. The summed E-state index contributed by atoms with van der Waals surface area (Å²) in [5.74, 6) is -1.01. The van der Waals surface area contributed by atoms with Gasteiger partial charge in [-0.3, -0.25) is 0 Å². The lowest BCUT2D eigenvalue weighted by atomic mass is 9.68. The molecule has 0 atom stereocenters. The predicted molar refractivity (Wildman–Crippen MR) is 108 cm³/mol. The van der Waals surface area contributed by atoms with E-state index in [0.29, 0.717) is 11.1 Å². The Hall–Kier alpha value is -2.89. The van der Waals surface area contributed by atoms with Crippen molar-refractivity contribution < 1.29 is 9.90 Å². The zero-order valence-electron chi connectivity index (χ0n) is 16.1. The molecule has 0 unspecified atom stereocenters.